The maximum absolute atomic E-state index is 12.0. The minimum Gasteiger partial charge on any atom is -0.327 e. The monoisotopic (exact) mass is 329 g/mol. The van der Waals surface area contributed by atoms with Gasteiger partial charge in [-0.2, -0.15) is 0 Å². The lowest BCUT2D eigenvalue weighted by Gasteiger charge is -2.15. The van der Waals surface area contributed by atoms with Crippen LogP contribution >= 0.6 is 23.7 Å². The third kappa shape index (κ3) is 4.41. The van der Waals surface area contributed by atoms with Crippen LogP contribution in [-0.4, -0.2) is 16.9 Å². The summed E-state index contributed by atoms with van der Waals surface area (Å²) >= 11 is 1.60. The van der Waals surface area contributed by atoms with E-state index < -0.39 is 0 Å². The minimum atomic E-state index is 0. The van der Waals surface area contributed by atoms with Crippen molar-refractivity contribution in [1.29, 1.82) is 0 Å². The van der Waals surface area contributed by atoms with E-state index in [1.165, 1.54) is 30.6 Å². The van der Waals surface area contributed by atoms with Crippen LogP contribution in [0.1, 0.15) is 55.5 Å². The van der Waals surface area contributed by atoms with Crippen LogP contribution in [0.25, 0.3) is 0 Å². The molecule has 0 bridgehead atoms. The molecule has 1 saturated carbocycles. The maximum Gasteiger partial charge on any atom is 0.226 e. The largest absolute Gasteiger partial charge is 0.327 e. The Hall–Kier alpha value is -0.650. The fourth-order valence-electron chi connectivity index (χ4n) is 3.27. The van der Waals surface area contributed by atoms with Gasteiger partial charge in [0.15, 0.2) is 5.13 Å². The number of amides is 1. The number of nitrogens with one attached hydrogen (secondary N) is 1. The molecule has 1 atom stereocenters. The van der Waals surface area contributed by atoms with Crippen LogP contribution in [0.5, 0.6) is 0 Å². The molecule has 2 aliphatic carbocycles. The van der Waals surface area contributed by atoms with Crippen LogP contribution in [0.15, 0.2) is 0 Å². The van der Waals surface area contributed by atoms with Gasteiger partial charge in [0, 0.05) is 17.3 Å². The number of aromatic nitrogens is 1. The number of carbonyl (C=O) groups is 1. The van der Waals surface area contributed by atoms with E-state index in [9.17, 15) is 4.79 Å². The van der Waals surface area contributed by atoms with Gasteiger partial charge in [0.05, 0.1) is 5.69 Å². The third-order valence-electron chi connectivity index (χ3n) is 4.48. The van der Waals surface area contributed by atoms with E-state index in [2.05, 4.69) is 10.3 Å². The van der Waals surface area contributed by atoms with Gasteiger partial charge in [0.1, 0.15) is 0 Å². The van der Waals surface area contributed by atoms with E-state index in [0.29, 0.717) is 6.42 Å². The Morgan fingerprint density at radius 1 is 1.33 bits per heavy atom. The van der Waals surface area contributed by atoms with Crippen LogP contribution in [0.2, 0.25) is 0 Å². The number of fused-ring (bicyclic) bond motifs is 1. The Bertz CT molecular complexity index is 485. The zero-order valence-corrected chi connectivity index (χ0v) is 13.9. The van der Waals surface area contributed by atoms with Gasteiger partial charge in [-0.25, -0.2) is 4.98 Å². The van der Waals surface area contributed by atoms with Crippen molar-refractivity contribution in [2.75, 3.05) is 5.32 Å². The van der Waals surface area contributed by atoms with E-state index >= 15 is 0 Å². The molecule has 2 aliphatic rings. The van der Waals surface area contributed by atoms with Gasteiger partial charge in [-0.1, -0.05) is 25.7 Å². The molecule has 6 heteroatoms. The second-order valence-corrected chi connectivity index (χ2v) is 7.21. The molecular formula is C15H24ClN3OS. The van der Waals surface area contributed by atoms with Gasteiger partial charge >= 0.3 is 0 Å². The molecule has 4 nitrogen and oxygen atoms in total. The first kappa shape index (κ1) is 16.7. The fraction of sp³-hybridized carbons (Fsp3) is 0.733. The lowest BCUT2D eigenvalue weighted by Crippen LogP contribution is -2.27. The average Bonchev–Trinajstić information content (AvgIpc) is 3.04. The summed E-state index contributed by atoms with van der Waals surface area (Å²) in [6, 6.07) is 0.258. The van der Waals surface area contributed by atoms with Gasteiger partial charge in [-0.15, -0.1) is 23.7 Å². The summed E-state index contributed by atoms with van der Waals surface area (Å²) in [5.74, 6) is 0.885. The predicted octanol–water partition coefficient (Wildman–Crippen LogP) is 3.29. The Kier molecular flexibility index (Phi) is 6.02. The first-order valence-electron chi connectivity index (χ1n) is 7.74. The van der Waals surface area contributed by atoms with Crippen LogP contribution < -0.4 is 11.1 Å². The van der Waals surface area contributed by atoms with Gasteiger partial charge < -0.3 is 11.1 Å². The van der Waals surface area contributed by atoms with Crippen LogP contribution in [0.3, 0.4) is 0 Å². The van der Waals surface area contributed by atoms with Gasteiger partial charge in [0.2, 0.25) is 5.91 Å². The average molecular weight is 330 g/mol. The zero-order chi connectivity index (χ0) is 13.9. The van der Waals surface area contributed by atoms with Crippen molar-refractivity contribution in [2.24, 2.45) is 11.7 Å². The van der Waals surface area contributed by atoms with Gasteiger partial charge in [-0.05, 0) is 31.6 Å². The van der Waals surface area contributed by atoms with Crippen molar-refractivity contribution in [3.05, 3.63) is 10.6 Å². The summed E-state index contributed by atoms with van der Waals surface area (Å²) in [5.41, 5.74) is 7.11. The number of nitrogens with two attached hydrogens (primary N) is 1. The summed E-state index contributed by atoms with van der Waals surface area (Å²) in [6.45, 7) is 0. The lowest BCUT2D eigenvalue weighted by atomic mass is 9.99. The summed E-state index contributed by atoms with van der Waals surface area (Å²) in [6.07, 6.45) is 9.81. The Morgan fingerprint density at radius 3 is 2.86 bits per heavy atom. The van der Waals surface area contributed by atoms with Crippen molar-refractivity contribution in [3.63, 3.8) is 0 Å². The first-order valence-corrected chi connectivity index (χ1v) is 8.56. The van der Waals surface area contributed by atoms with Crippen molar-refractivity contribution < 1.29 is 4.79 Å². The van der Waals surface area contributed by atoms with Crippen LogP contribution in [0.4, 0.5) is 5.13 Å². The quantitative estimate of drug-likeness (QED) is 0.890. The van der Waals surface area contributed by atoms with Gasteiger partial charge in [-0.3, -0.25) is 4.79 Å². The molecule has 0 aromatic carbocycles. The van der Waals surface area contributed by atoms with Crippen LogP contribution in [-0.2, 0) is 17.6 Å². The zero-order valence-electron chi connectivity index (χ0n) is 12.3. The van der Waals surface area contributed by atoms with Gasteiger partial charge in [0.25, 0.3) is 0 Å². The van der Waals surface area contributed by atoms with E-state index in [0.717, 1.165) is 42.4 Å². The highest BCUT2D eigenvalue weighted by atomic mass is 35.5. The second kappa shape index (κ2) is 7.56. The summed E-state index contributed by atoms with van der Waals surface area (Å²) < 4.78 is 0. The molecule has 0 aliphatic heterocycles. The highest BCUT2D eigenvalue weighted by molar-refractivity contribution is 7.15. The Balaban J connectivity index is 0.00000161. The van der Waals surface area contributed by atoms with E-state index in [-0.39, 0.29) is 24.4 Å². The molecule has 1 amide bonds. The highest BCUT2D eigenvalue weighted by Gasteiger charge is 2.21. The smallest absolute Gasteiger partial charge is 0.226 e. The normalized spacial score (nSPS) is 21.7. The SMILES string of the molecule is Cl.N[C@H]1CCc2nc(NC(=O)CCC3CCCC3)sc2C1. The third-order valence-corrected chi connectivity index (χ3v) is 5.51. The molecule has 1 aromatic rings. The maximum atomic E-state index is 12.0. The number of hydrogen-bond acceptors (Lipinski definition) is 4. The molecular weight excluding hydrogens is 306 g/mol. The molecule has 3 rings (SSSR count). The first-order chi connectivity index (χ1) is 9.70. The molecule has 3 N–H and O–H groups in total. The molecule has 1 fully saturated rings. The Labute approximate surface area is 136 Å². The molecule has 0 radical (unpaired) electrons. The predicted molar refractivity (Wildman–Crippen MR) is 89.2 cm³/mol. The van der Waals surface area contributed by atoms with Crippen molar-refractivity contribution in [1.82, 2.24) is 4.98 Å². The molecule has 0 unspecified atom stereocenters. The van der Waals surface area contributed by atoms with E-state index in [1.807, 2.05) is 0 Å². The number of halogens is 1. The molecule has 1 heterocycles. The minimum absolute atomic E-state index is 0. The van der Waals surface area contributed by atoms with E-state index in [1.54, 1.807) is 11.3 Å². The number of carbonyl (C=O) groups excluding carboxylic acids is 1. The number of hydrogen-bond donors (Lipinski definition) is 2. The van der Waals surface area contributed by atoms with E-state index in [4.69, 9.17) is 5.73 Å². The Morgan fingerprint density at radius 2 is 2.10 bits per heavy atom. The summed E-state index contributed by atoms with van der Waals surface area (Å²) in [7, 11) is 0. The number of rotatable bonds is 4. The topological polar surface area (TPSA) is 68.0 Å². The molecule has 118 valence electrons. The van der Waals surface area contributed by atoms with Crippen molar-refractivity contribution >= 4 is 34.8 Å². The number of anilines is 1. The molecule has 1 aromatic heterocycles. The lowest BCUT2D eigenvalue weighted by molar-refractivity contribution is -0.116. The fourth-order valence-corrected chi connectivity index (χ4v) is 4.39. The van der Waals surface area contributed by atoms with Crippen LogP contribution in [0, 0.1) is 5.92 Å². The summed E-state index contributed by atoms with van der Waals surface area (Å²) in [4.78, 5) is 17.8. The number of thiazole rings is 1. The molecule has 21 heavy (non-hydrogen) atoms. The van der Waals surface area contributed by atoms with Crippen molar-refractivity contribution in [2.45, 2.75) is 63.8 Å². The molecule has 0 saturated heterocycles. The van der Waals surface area contributed by atoms with Crippen molar-refractivity contribution in [3.8, 4) is 0 Å². The molecule has 0 spiro atoms. The number of nitrogens with zero attached hydrogens (tertiary/aromatic N) is 1. The number of aryl methyl sites for hydroxylation is 1. The standard InChI is InChI=1S/C15H23N3OS.ClH/c16-11-6-7-12-13(9-11)20-15(17-12)18-14(19)8-5-10-3-1-2-4-10;/h10-11H,1-9,16H2,(H,17,18,19);1H/t11-;/m0./s1. The highest BCUT2D eigenvalue weighted by Crippen LogP contribution is 2.30. The summed E-state index contributed by atoms with van der Waals surface area (Å²) in [5, 5.41) is 3.73. The second-order valence-electron chi connectivity index (χ2n) is 6.13.